The molecule has 1 aromatic rings. The highest BCUT2D eigenvalue weighted by molar-refractivity contribution is 6.42. The molecule has 6 heteroatoms. The van der Waals surface area contributed by atoms with Gasteiger partial charge in [-0.3, -0.25) is 4.79 Å². The van der Waals surface area contributed by atoms with Crippen LogP contribution in [0.3, 0.4) is 0 Å². The first-order valence-corrected chi connectivity index (χ1v) is 10.3. The smallest absolute Gasteiger partial charge is 0.222 e. The number of carbonyl (C=O) groups is 1. The fourth-order valence-corrected chi connectivity index (χ4v) is 4.53. The number of rotatable bonds is 5. The van der Waals surface area contributed by atoms with E-state index in [1.807, 2.05) is 23.1 Å². The maximum Gasteiger partial charge on any atom is 0.222 e. The molecule has 0 radical (unpaired) electrons. The average Bonchev–Trinajstić information content (AvgIpc) is 3.30. The summed E-state index contributed by atoms with van der Waals surface area (Å²) in [6, 6.07) is 5.84. The molecule has 0 N–H and O–H groups in total. The van der Waals surface area contributed by atoms with Gasteiger partial charge in [-0.1, -0.05) is 29.3 Å². The van der Waals surface area contributed by atoms with Crippen LogP contribution >= 0.6 is 23.2 Å². The van der Waals surface area contributed by atoms with Gasteiger partial charge >= 0.3 is 0 Å². The highest BCUT2D eigenvalue weighted by atomic mass is 35.5. The number of carbonyl (C=O) groups excluding carboxylic acids is 1. The van der Waals surface area contributed by atoms with Crippen molar-refractivity contribution in [1.29, 1.82) is 0 Å². The second-order valence-electron chi connectivity index (χ2n) is 7.85. The number of nitrogens with zero attached hydrogens (tertiary/aromatic N) is 1. The fraction of sp³-hybridized carbons (Fsp3) is 0.650. The Morgan fingerprint density at radius 1 is 1.19 bits per heavy atom. The highest BCUT2D eigenvalue weighted by Gasteiger charge is 2.42. The van der Waals surface area contributed by atoms with Crippen molar-refractivity contribution in [1.82, 2.24) is 4.90 Å². The Morgan fingerprint density at radius 3 is 2.65 bits per heavy atom. The molecule has 2 saturated heterocycles. The Balaban J connectivity index is 1.60. The molecule has 1 saturated carbocycles. The molecule has 3 fully saturated rings. The lowest BCUT2D eigenvalue weighted by atomic mass is 9.71. The van der Waals surface area contributed by atoms with Gasteiger partial charge in [0.1, 0.15) is 0 Å². The zero-order valence-corrected chi connectivity index (χ0v) is 16.4. The van der Waals surface area contributed by atoms with Crippen LogP contribution in [0.4, 0.5) is 0 Å². The van der Waals surface area contributed by atoms with E-state index in [1.165, 1.54) is 12.8 Å². The summed E-state index contributed by atoms with van der Waals surface area (Å²) < 4.78 is 11.5. The summed E-state index contributed by atoms with van der Waals surface area (Å²) >= 11 is 12.4. The van der Waals surface area contributed by atoms with Crippen LogP contribution in [0.25, 0.3) is 0 Å². The molecule has 4 rings (SSSR count). The fourth-order valence-electron chi connectivity index (χ4n) is 4.23. The van der Waals surface area contributed by atoms with Crippen LogP contribution in [0.15, 0.2) is 18.2 Å². The Bertz CT molecular complexity index is 673. The summed E-state index contributed by atoms with van der Waals surface area (Å²) in [4.78, 5) is 14.8. The van der Waals surface area contributed by atoms with E-state index >= 15 is 0 Å². The maximum atomic E-state index is 12.7. The second kappa shape index (κ2) is 7.67. The van der Waals surface area contributed by atoms with E-state index in [2.05, 4.69) is 0 Å². The van der Waals surface area contributed by atoms with Crippen LogP contribution in [-0.4, -0.2) is 43.4 Å². The van der Waals surface area contributed by atoms with Crippen LogP contribution in [0.5, 0.6) is 0 Å². The molecule has 0 aromatic heterocycles. The number of piperidine rings is 1. The van der Waals surface area contributed by atoms with Gasteiger partial charge in [0, 0.05) is 31.3 Å². The SMILES string of the molecule is O=C(CC1CC1)N1CCCC(CC2OCCO2)(c2ccc(Cl)c(Cl)c2)C1. The van der Waals surface area contributed by atoms with Crippen LogP contribution in [0.1, 0.15) is 44.1 Å². The number of hydrogen-bond donors (Lipinski definition) is 0. The summed E-state index contributed by atoms with van der Waals surface area (Å²) in [5.41, 5.74) is 0.913. The molecule has 0 spiro atoms. The summed E-state index contributed by atoms with van der Waals surface area (Å²) in [5, 5.41) is 1.11. The lowest BCUT2D eigenvalue weighted by molar-refractivity contribution is -0.135. The molecule has 2 heterocycles. The van der Waals surface area contributed by atoms with E-state index in [9.17, 15) is 4.79 Å². The van der Waals surface area contributed by atoms with Gasteiger partial charge in [0.15, 0.2) is 6.29 Å². The van der Waals surface area contributed by atoms with E-state index in [-0.39, 0.29) is 17.6 Å². The monoisotopic (exact) mass is 397 g/mol. The minimum absolute atomic E-state index is 0.208. The zero-order valence-electron chi connectivity index (χ0n) is 14.9. The summed E-state index contributed by atoms with van der Waals surface area (Å²) in [6.45, 7) is 2.79. The van der Waals surface area contributed by atoms with Crippen LogP contribution in [-0.2, 0) is 19.7 Å². The zero-order chi connectivity index (χ0) is 18.1. The lowest BCUT2D eigenvalue weighted by Gasteiger charge is -2.44. The van der Waals surface area contributed by atoms with Gasteiger partial charge in [-0.15, -0.1) is 0 Å². The van der Waals surface area contributed by atoms with Crippen molar-refractivity contribution in [2.75, 3.05) is 26.3 Å². The molecule has 1 atom stereocenters. The van der Waals surface area contributed by atoms with Crippen LogP contribution in [0.2, 0.25) is 10.0 Å². The Hall–Kier alpha value is -0.810. The van der Waals surface area contributed by atoms with E-state index in [0.717, 1.165) is 31.4 Å². The topological polar surface area (TPSA) is 38.8 Å². The molecular weight excluding hydrogens is 373 g/mol. The minimum atomic E-state index is -0.220. The van der Waals surface area contributed by atoms with Crippen molar-refractivity contribution < 1.29 is 14.3 Å². The van der Waals surface area contributed by atoms with E-state index in [1.54, 1.807) is 0 Å². The highest BCUT2D eigenvalue weighted by Crippen LogP contribution is 2.42. The van der Waals surface area contributed by atoms with E-state index in [4.69, 9.17) is 32.7 Å². The first-order chi connectivity index (χ1) is 12.6. The van der Waals surface area contributed by atoms with Gasteiger partial charge in [-0.25, -0.2) is 0 Å². The molecule has 2 aliphatic heterocycles. The molecule has 1 aliphatic carbocycles. The Kier molecular flexibility index (Phi) is 5.47. The predicted octanol–water partition coefficient (Wildman–Crippen LogP) is 4.42. The standard InChI is InChI=1S/C20H25Cl2NO3/c21-16-5-4-15(11-17(16)22)20(12-19-25-8-9-26-19)6-1-7-23(13-20)18(24)10-14-2-3-14/h4-5,11,14,19H,1-3,6-10,12-13H2. The molecule has 26 heavy (non-hydrogen) atoms. The largest absolute Gasteiger partial charge is 0.350 e. The van der Waals surface area contributed by atoms with Crippen molar-refractivity contribution in [2.45, 2.75) is 50.2 Å². The van der Waals surface area contributed by atoms with E-state index < -0.39 is 0 Å². The van der Waals surface area contributed by atoms with Gasteiger partial charge in [0.25, 0.3) is 0 Å². The molecule has 142 valence electrons. The molecule has 1 amide bonds. The quantitative estimate of drug-likeness (QED) is 0.737. The molecule has 1 unspecified atom stereocenters. The second-order valence-corrected chi connectivity index (χ2v) is 8.67. The lowest BCUT2D eigenvalue weighted by Crippen LogP contribution is -2.50. The van der Waals surface area contributed by atoms with Crippen molar-refractivity contribution in [2.24, 2.45) is 5.92 Å². The first kappa shape index (κ1) is 18.5. The van der Waals surface area contributed by atoms with Crippen LogP contribution < -0.4 is 0 Å². The minimum Gasteiger partial charge on any atom is -0.350 e. The Labute approximate surface area is 164 Å². The Morgan fingerprint density at radius 2 is 1.96 bits per heavy atom. The summed E-state index contributed by atoms with van der Waals surface area (Å²) in [7, 11) is 0. The molecule has 3 aliphatic rings. The maximum absolute atomic E-state index is 12.7. The van der Waals surface area contributed by atoms with Gasteiger partial charge in [-0.2, -0.15) is 0 Å². The first-order valence-electron chi connectivity index (χ1n) is 9.52. The van der Waals surface area contributed by atoms with Crippen molar-refractivity contribution in [3.8, 4) is 0 Å². The predicted molar refractivity (Wildman–Crippen MR) is 102 cm³/mol. The molecule has 0 bridgehead atoms. The number of hydrogen-bond acceptors (Lipinski definition) is 3. The number of amides is 1. The molecular formula is C20H25Cl2NO3. The molecule has 4 nitrogen and oxygen atoms in total. The molecule has 1 aromatic carbocycles. The number of likely N-dealkylation sites (tertiary alicyclic amines) is 1. The van der Waals surface area contributed by atoms with Gasteiger partial charge in [0.2, 0.25) is 5.91 Å². The third-order valence-electron chi connectivity index (χ3n) is 5.87. The third-order valence-corrected chi connectivity index (χ3v) is 6.61. The third kappa shape index (κ3) is 4.04. The van der Waals surface area contributed by atoms with Crippen molar-refractivity contribution >= 4 is 29.1 Å². The van der Waals surface area contributed by atoms with E-state index in [0.29, 0.717) is 42.1 Å². The summed E-state index contributed by atoms with van der Waals surface area (Å²) in [5.74, 6) is 0.884. The van der Waals surface area contributed by atoms with Crippen molar-refractivity contribution in [3.05, 3.63) is 33.8 Å². The van der Waals surface area contributed by atoms with Crippen molar-refractivity contribution in [3.63, 3.8) is 0 Å². The van der Waals surface area contributed by atoms with Gasteiger partial charge in [0.05, 0.1) is 23.3 Å². The number of halogens is 2. The number of ether oxygens (including phenoxy) is 2. The number of benzene rings is 1. The normalized spacial score (nSPS) is 27.1. The van der Waals surface area contributed by atoms with Gasteiger partial charge < -0.3 is 14.4 Å². The van der Waals surface area contributed by atoms with Crippen LogP contribution in [0, 0.1) is 5.92 Å². The average molecular weight is 398 g/mol. The summed E-state index contributed by atoms with van der Waals surface area (Å²) in [6.07, 6.45) is 5.56. The van der Waals surface area contributed by atoms with Gasteiger partial charge in [-0.05, 0) is 49.3 Å².